The van der Waals surface area contributed by atoms with Crippen molar-refractivity contribution in [1.82, 2.24) is 15.0 Å². The van der Waals surface area contributed by atoms with Gasteiger partial charge in [0, 0.05) is 50.0 Å². The molecule has 0 radical (unpaired) electrons. The summed E-state index contributed by atoms with van der Waals surface area (Å²) < 4.78 is 0. The van der Waals surface area contributed by atoms with E-state index in [0.717, 1.165) is 73.6 Å². The van der Waals surface area contributed by atoms with Gasteiger partial charge in [-0.2, -0.15) is 0 Å². The molecule has 4 heteroatoms. The van der Waals surface area contributed by atoms with Gasteiger partial charge in [-0.1, -0.05) is 110 Å². The van der Waals surface area contributed by atoms with E-state index in [1.807, 2.05) is 43.3 Å². The Balaban J connectivity index is 0.000000570. The summed E-state index contributed by atoms with van der Waals surface area (Å²) in [4.78, 5) is 16.2. The number of aromatic nitrogens is 3. The molecule has 0 saturated heterocycles. The lowest BCUT2D eigenvalue weighted by molar-refractivity contribution is 1.23. The van der Waals surface area contributed by atoms with E-state index in [4.69, 9.17) is 9.97 Å². The fourth-order valence-corrected chi connectivity index (χ4v) is 5.98. The van der Waals surface area contributed by atoms with Crippen LogP contribution < -0.4 is 4.90 Å². The minimum absolute atomic E-state index is 0.877. The number of nitrogens with one attached hydrogen (secondary N) is 1. The van der Waals surface area contributed by atoms with Crippen LogP contribution in [0.1, 0.15) is 25.8 Å². The maximum atomic E-state index is 5.15. The van der Waals surface area contributed by atoms with Crippen molar-refractivity contribution in [1.29, 1.82) is 0 Å². The molecule has 0 bridgehead atoms. The molecular weight excluding hydrogens is 609 g/mol. The Morgan fingerprint density at radius 3 is 1.86 bits per heavy atom. The van der Waals surface area contributed by atoms with Crippen molar-refractivity contribution in [2.45, 2.75) is 27.2 Å². The van der Waals surface area contributed by atoms with Crippen molar-refractivity contribution >= 4 is 49.9 Å². The highest BCUT2D eigenvalue weighted by molar-refractivity contribution is 6.08. The summed E-state index contributed by atoms with van der Waals surface area (Å²) in [6.07, 6.45) is 4.71. The van der Waals surface area contributed by atoms with Gasteiger partial charge in [0.15, 0.2) is 0 Å². The SMILES string of the molecule is C=CC.C=CCC.Cc1cccc2nc(-c3ccc(N(c4ccccc4)c4ccc5[nH]c6ccccc6c5c4)cc3)c(-c3ccccc3)nc12. The van der Waals surface area contributed by atoms with Gasteiger partial charge in [0.1, 0.15) is 0 Å². The van der Waals surface area contributed by atoms with E-state index in [2.05, 4.69) is 152 Å². The maximum absolute atomic E-state index is 5.15. The van der Waals surface area contributed by atoms with Crippen molar-refractivity contribution in [3.05, 3.63) is 176 Å². The van der Waals surface area contributed by atoms with Gasteiger partial charge in [-0.3, -0.25) is 0 Å². The molecule has 0 atom stereocenters. The lowest BCUT2D eigenvalue weighted by Gasteiger charge is -2.26. The Morgan fingerprint density at radius 1 is 0.600 bits per heavy atom. The molecule has 0 amide bonds. The normalized spacial score (nSPS) is 10.5. The fraction of sp³-hybridized carbons (Fsp3) is 0.0870. The molecule has 2 heterocycles. The molecule has 8 aromatic rings. The molecule has 0 aliphatic rings. The predicted octanol–water partition coefficient (Wildman–Crippen LogP) is 13.2. The highest BCUT2D eigenvalue weighted by Gasteiger charge is 2.17. The van der Waals surface area contributed by atoms with Crippen molar-refractivity contribution in [2.75, 3.05) is 4.90 Å². The maximum Gasteiger partial charge on any atom is 0.0973 e. The number of hydrogen-bond donors (Lipinski definition) is 1. The van der Waals surface area contributed by atoms with Gasteiger partial charge in [-0.05, 0) is 80.4 Å². The van der Waals surface area contributed by atoms with E-state index >= 15 is 0 Å². The number of rotatable bonds is 6. The second-order valence-electron chi connectivity index (χ2n) is 12.0. The van der Waals surface area contributed by atoms with E-state index in [-0.39, 0.29) is 0 Å². The van der Waals surface area contributed by atoms with Gasteiger partial charge in [0.05, 0.1) is 22.4 Å². The van der Waals surface area contributed by atoms with Crippen LogP contribution in [0.5, 0.6) is 0 Å². The Kier molecular flexibility index (Phi) is 10.6. The van der Waals surface area contributed by atoms with Crippen LogP contribution in [0.4, 0.5) is 17.1 Å². The van der Waals surface area contributed by atoms with Crippen LogP contribution in [0.3, 0.4) is 0 Å². The van der Waals surface area contributed by atoms with Crippen LogP contribution in [0.15, 0.2) is 171 Å². The summed E-state index contributed by atoms with van der Waals surface area (Å²) >= 11 is 0. The van der Waals surface area contributed by atoms with Gasteiger partial charge < -0.3 is 9.88 Å². The number of aryl methyl sites for hydroxylation is 1. The minimum atomic E-state index is 0.877. The molecule has 0 unspecified atom stereocenters. The first-order chi connectivity index (χ1) is 24.6. The first-order valence-electron chi connectivity index (χ1n) is 17.0. The third-order valence-electron chi connectivity index (χ3n) is 8.39. The van der Waals surface area contributed by atoms with Gasteiger partial charge in [-0.25, -0.2) is 9.97 Å². The Labute approximate surface area is 295 Å². The summed E-state index contributed by atoms with van der Waals surface area (Å²) in [6.45, 7) is 12.9. The van der Waals surface area contributed by atoms with Crippen molar-refractivity contribution in [2.24, 2.45) is 0 Å². The molecule has 0 spiro atoms. The number of benzene rings is 6. The molecule has 1 N–H and O–H groups in total. The number of fused-ring (bicyclic) bond motifs is 4. The van der Waals surface area contributed by atoms with Crippen LogP contribution >= 0.6 is 0 Å². The minimum Gasteiger partial charge on any atom is -0.355 e. The van der Waals surface area contributed by atoms with Gasteiger partial charge >= 0.3 is 0 Å². The van der Waals surface area contributed by atoms with Crippen LogP contribution in [-0.4, -0.2) is 15.0 Å². The van der Waals surface area contributed by atoms with E-state index in [9.17, 15) is 0 Å². The number of para-hydroxylation sites is 3. The predicted molar refractivity (Wildman–Crippen MR) is 216 cm³/mol. The fourth-order valence-electron chi connectivity index (χ4n) is 5.98. The average molecular weight is 651 g/mol. The summed E-state index contributed by atoms with van der Waals surface area (Å²) in [5, 5.41) is 2.43. The third-order valence-corrected chi connectivity index (χ3v) is 8.39. The Hall–Kier alpha value is -6.26. The molecule has 4 nitrogen and oxygen atoms in total. The molecule has 8 rings (SSSR count). The molecule has 0 fully saturated rings. The zero-order valence-electron chi connectivity index (χ0n) is 29.0. The van der Waals surface area contributed by atoms with Gasteiger partial charge in [0.25, 0.3) is 0 Å². The second kappa shape index (κ2) is 15.8. The van der Waals surface area contributed by atoms with Crippen molar-refractivity contribution in [3.8, 4) is 22.5 Å². The lowest BCUT2D eigenvalue weighted by atomic mass is 10.0. The first kappa shape index (κ1) is 33.6. The first-order valence-corrected chi connectivity index (χ1v) is 17.0. The standard InChI is InChI=1S/C39H28N4.C4H8.C3H6/c1-26-11-10-18-36-37(26)42-39(27-12-4-2-5-13-27)38(41-36)28-19-21-30(22-20-28)43(29-14-6-3-7-15-29)31-23-24-35-33(25-31)32-16-8-9-17-34(32)40-35;1-3-4-2;1-3-2/h2-25,40H,1H3;3H,1,4H2,2H3;3H,1H2,2H3. The summed E-state index contributed by atoms with van der Waals surface area (Å²) in [5.74, 6) is 0. The molecule has 0 saturated carbocycles. The molecule has 6 aromatic carbocycles. The van der Waals surface area contributed by atoms with Crippen LogP contribution in [0.2, 0.25) is 0 Å². The molecule has 50 heavy (non-hydrogen) atoms. The topological polar surface area (TPSA) is 44.8 Å². The Morgan fingerprint density at radius 2 is 1.16 bits per heavy atom. The quantitative estimate of drug-likeness (QED) is 0.182. The summed E-state index contributed by atoms with van der Waals surface area (Å²) in [6, 6.07) is 50.8. The number of aromatic amines is 1. The monoisotopic (exact) mass is 650 g/mol. The van der Waals surface area contributed by atoms with E-state index < -0.39 is 0 Å². The molecule has 0 aliphatic carbocycles. The van der Waals surface area contributed by atoms with Crippen LogP contribution in [-0.2, 0) is 0 Å². The second-order valence-corrected chi connectivity index (χ2v) is 12.0. The highest BCUT2D eigenvalue weighted by Crippen LogP contribution is 2.39. The molecular formula is C46H42N4. The smallest absolute Gasteiger partial charge is 0.0973 e. The molecule has 0 aliphatic heterocycles. The summed E-state index contributed by atoms with van der Waals surface area (Å²) in [5.41, 5.74) is 12.3. The van der Waals surface area contributed by atoms with Crippen LogP contribution in [0.25, 0.3) is 55.4 Å². The largest absolute Gasteiger partial charge is 0.355 e. The number of nitrogens with zero attached hydrogens (tertiary/aromatic N) is 3. The Bertz CT molecular complexity index is 2350. The van der Waals surface area contributed by atoms with Crippen molar-refractivity contribution < 1.29 is 0 Å². The van der Waals surface area contributed by atoms with Gasteiger partial charge in [-0.15, -0.1) is 13.2 Å². The zero-order valence-corrected chi connectivity index (χ0v) is 29.0. The van der Waals surface area contributed by atoms with E-state index in [0.29, 0.717) is 0 Å². The van der Waals surface area contributed by atoms with Crippen LogP contribution in [0, 0.1) is 6.92 Å². The van der Waals surface area contributed by atoms with E-state index in [1.165, 1.54) is 10.8 Å². The number of hydrogen-bond acceptors (Lipinski definition) is 3. The number of H-pyrrole nitrogens is 1. The molecule has 246 valence electrons. The number of anilines is 3. The highest BCUT2D eigenvalue weighted by atomic mass is 15.1. The van der Waals surface area contributed by atoms with Gasteiger partial charge in [0.2, 0.25) is 0 Å². The average Bonchev–Trinajstić information content (AvgIpc) is 3.54. The van der Waals surface area contributed by atoms with E-state index in [1.54, 1.807) is 6.08 Å². The number of allylic oxidation sites excluding steroid dienone is 2. The van der Waals surface area contributed by atoms with Crippen molar-refractivity contribution in [3.63, 3.8) is 0 Å². The third kappa shape index (κ3) is 7.11. The summed E-state index contributed by atoms with van der Waals surface area (Å²) in [7, 11) is 0. The lowest BCUT2D eigenvalue weighted by Crippen LogP contribution is -2.09. The molecule has 2 aromatic heterocycles. The zero-order chi connectivity index (χ0) is 34.9.